The van der Waals surface area contributed by atoms with Gasteiger partial charge in [-0.25, -0.2) is 18.3 Å². The number of ether oxygens (including phenoxy) is 2. The molecule has 1 saturated heterocycles. The molecule has 1 unspecified atom stereocenters. The molecule has 4 atom stereocenters. The highest BCUT2D eigenvalue weighted by atomic mass is 31.1. The van der Waals surface area contributed by atoms with Gasteiger partial charge in [0.15, 0.2) is 17.4 Å². The molecule has 1 fully saturated rings. The molecule has 0 spiro atoms. The molecule has 0 saturated carbocycles. The lowest BCUT2D eigenvalue weighted by Crippen LogP contribution is -2.30. The van der Waals surface area contributed by atoms with E-state index in [-0.39, 0.29) is 35.3 Å². The largest absolute Gasteiger partial charge is 0.476 e. The molecule has 1 aliphatic heterocycles. The SMILES string of the molecule is C#C[C@@]1(F)C[C@@](F)(CO[PH](=O)Oc2ccccc2)O[C@H]1n1cnc2c(OCC)nc(N)nc21. The van der Waals surface area contributed by atoms with Crippen LogP contribution in [0.2, 0.25) is 0 Å². The number of para-hydroxylation sites is 1. The first-order valence-corrected chi connectivity index (χ1v) is 11.1. The zero-order valence-corrected chi connectivity index (χ0v) is 18.4. The van der Waals surface area contributed by atoms with Gasteiger partial charge >= 0.3 is 8.25 Å². The molecule has 3 heterocycles. The minimum atomic E-state index is -3.15. The van der Waals surface area contributed by atoms with Gasteiger partial charge in [0.05, 0.1) is 19.4 Å². The zero-order valence-electron chi connectivity index (χ0n) is 17.4. The van der Waals surface area contributed by atoms with Crippen molar-refractivity contribution in [3.63, 3.8) is 0 Å². The van der Waals surface area contributed by atoms with Gasteiger partial charge in [0, 0.05) is 0 Å². The van der Waals surface area contributed by atoms with Gasteiger partial charge in [-0.1, -0.05) is 24.1 Å². The summed E-state index contributed by atoms with van der Waals surface area (Å²) in [6.07, 6.45) is 4.01. The molecular formula is C20H20F2N5O5P. The van der Waals surface area contributed by atoms with E-state index in [9.17, 15) is 4.57 Å². The van der Waals surface area contributed by atoms with Crippen LogP contribution < -0.4 is 15.0 Å². The maximum atomic E-state index is 15.6. The maximum absolute atomic E-state index is 15.6. The molecule has 13 heteroatoms. The van der Waals surface area contributed by atoms with Crippen molar-refractivity contribution >= 4 is 25.4 Å². The smallest absolute Gasteiger partial charge is 0.368 e. The fourth-order valence-corrected chi connectivity index (χ4v) is 4.11. The van der Waals surface area contributed by atoms with E-state index < -0.39 is 39.0 Å². The molecule has 0 amide bonds. The molecule has 2 N–H and O–H groups in total. The second kappa shape index (κ2) is 8.94. The Labute approximate surface area is 188 Å². The van der Waals surface area contributed by atoms with Crippen LogP contribution in [0.15, 0.2) is 36.7 Å². The molecule has 2 aromatic heterocycles. The fourth-order valence-electron chi connectivity index (χ4n) is 3.39. The standard InChI is InChI=1S/C20H20F2N5O5P/c1-3-19(21)10-20(22,11-30-33(28)32-13-8-6-5-7-9-13)31-17(19)27-12-24-14-15(27)25-18(23)26-16(14)29-4-2/h1,5-9,12,17,33H,4,10-11H2,2H3,(H2,23,25,26)/t17-,19-,20+/m1/s1. The molecule has 4 rings (SSSR count). The summed E-state index contributed by atoms with van der Waals surface area (Å²) >= 11 is 0. The van der Waals surface area contributed by atoms with Crippen LogP contribution in [0.1, 0.15) is 19.6 Å². The second-order valence-corrected chi connectivity index (χ2v) is 8.13. The number of imidazole rings is 1. The third-order valence-corrected chi connectivity index (χ3v) is 5.55. The van der Waals surface area contributed by atoms with E-state index in [0.29, 0.717) is 0 Å². The number of aromatic nitrogens is 4. The Morgan fingerprint density at radius 2 is 2.12 bits per heavy atom. The van der Waals surface area contributed by atoms with Gasteiger partial charge in [-0.2, -0.15) is 9.97 Å². The average molecular weight is 479 g/mol. The van der Waals surface area contributed by atoms with Crippen LogP contribution >= 0.6 is 8.25 Å². The number of hydrogen-bond donors (Lipinski definition) is 1. The van der Waals surface area contributed by atoms with Gasteiger partial charge in [0.2, 0.25) is 23.4 Å². The van der Waals surface area contributed by atoms with Crippen molar-refractivity contribution in [2.45, 2.75) is 31.1 Å². The van der Waals surface area contributed by atoms with E-state index in [4.69, 9.17) is 30.7 Å². The fraction of sp³-hybridized carbons (Fsp3) is 0.350. The third-order valence-electron chi connectivity index (χ3n) is 4.77. The van der Waals surface area contributed by atoms with Gasteiger partial charge in [0.25, 0.3) is 0 Å². The minimum absolute atomic E-state index is 0.0411. The Morgan fingerprint density at radius 1 is 1.36 bits per heavy atom. The first-order chi connectivity index (χ1) is 15.8. The average Bonchev–Trinajstić information content (AvgIpc) is 3.32. The number of fused-ring (bicyclic) bond motifs is 1. The predicted molar refractivity (Wildman–Crippen MR) is 114 cm³/mol. The second-order valence-electron chi connectivity index (χ2n) is 7.13. The summed E-state index contributed by atoms with van der Waals surface area (Å²) in [4.78, 5) is 12.1. The van der Waals surface area contributed by atoms with Crippen LogP contribution in [-0.2, 0) is 13.8 Å². The highest BCUT2D eigenvalue weighted by molar-refractivity contribution is 7.33. The van der Waals surface area contributed by atoms with E-state index in [1.54, 1.807) is 37.3 Å². The maximum Gasteiger partial charge on any atom is 0.368 e. The van der Waals surface area contributed by atoms with Crippen LogP contribution in [0.5, 0.6) is 11.6 Å². The summed E-state index contributed by atoms with van der Waals surface area (Å²) < 4.78 is 65.1. The first kappa shape index (κ1) is 22.9. The van der Waals surface area contributed by atoms with Crippen molar-refractivity contribution in [2.75, 3.05) is 18.9 Å². The van der Waals surface area contributed by atoms with E-state index in [1.807, 2.05) is 5.92 Å². The van der Waals surface area contributed by atoms with E-state index in [2.05, 4.69) is 15.0 Å². The van der Waals surface area contributed by atoms with Crippen molar-refractivity contribution in [3.8, 4) is 24.0 Å². The number of terminal acetylenes is 1. The normalized spacial score (nSPS) is 25.6. The quantitative estimate of drug-likeness (QED) is 0.383. The predicted octanol–water partition coefficient (Wildman–Crippen LogP) is 3.22. The summed E-state index contributed by atoms with van der Waals surface area (Å²) in [6, 6.07) is 8.18. The molecule has 1 aromatic carbocycles. The van der Waals surface area contributed by atoms with Crippen molar-refractivity contribution in [1.82, 2.24) is 19.5 Å². The topological polar surface area (TPSA) is 124 Å². The van der Waals surface area contributed by atoms with Gasteiger partial charge in [-0.05, 0) is 19.1 Å². The molecule has 1 aliphatic rings. The number of hydrogen-bond acceptors (Lipinski definition) is 9. The molecule has 174 valence electrons. The van der Waals surface area contributed by atoms with Gasteiger partial charge in [0.1, 0.15) is 12.4 Å². The summed E-state index contributed by atoms with van der Waals surface area (Å²) in [5, 5.41) is 0. The highest BCUT2D eigenvalue weighted by Crippen LogP contribution is 2.49. The van der Waals surface area contributed by atoms with E-state index in [0.717, 1.165) is 4.57 Å². The van der Waals surface area contributed by atoms with Crippen molar-refractivity contribution in [1.29, 1.82) is 0 Å². The third kappa shape index (κ3) is 4.61. The lowest BCUT2D eigenvalue weighted by molar-refractivity contribution is -0.175. The summed E-state index contributed by atoms with van der Waals surface area (Å²) in [6.45, 7) is 1.12. The van der Waals surface area contributed by atoms with Crippen LogP contribution in [0.25, 0.3) is 11.2 Å². The number of nitrogens with two attached hydrogens (primary N) is 1. The highest BCUT2D eigenvalue weighted by Gasteiger charge is 2.59. The monoisotopic (exact) mass is 479 g/mol. The number of rotatable bonds is 8. The Morgan fingerprint density at radius 3 is 2.82 bits per heavy atom. The molecule has 0 aliphatic carbocycles. The Bertz CT molecular complexity index is 1220. The summed E-state index contributed by atoms with van der Waals surface area (Å²) in [7, 11) is -3.15. The van der Waals surface area contributed by atoms with Crippen molar-refractivity contribution in [2.24, 2.45) is 0 Å². The molecule has 0 radical (unpaired) electrons. The Hall–Kier alpha value is -3.26. The number of nitrogens with zero attached hydrogens (tertiary/aromatic N) is 4. The van der Waals surface area contributed by atoms with Gasteiger partial charge in [-0.15, -0.1) is 6.42 Å². The molecular weight excluding hydrogens is 459 g/mol. The molecule has 3 aromatic rings. The Kier molecular flexibility index (Phi) is 6.21. The number of anilines is 1. The number of benzene rings is 1. The first-order valence-electron chi connectivity index (χ1n) is 9.83. The lowest BCUT2D eigenvalue weighted by Gasteiger charge is -2.22. The van der Waals surface area contributed by atoms with Gasteiger partial charge < -0.3 is 19.7 Å². The summed E-state index contributed by atoms with van der Waals surface area (Å²) in [5.74, 6) is -0.581. The van der Waals surface area contributed by atoms with Crippen LogP contribution in [0.3, 0.4) is 0 Å². The number of nitrogen functional groups attached to an aromatic ring is 1. The Balaban J connectivity index is 1.56. The molecule has 33 heavy (non-hydrogen) atoms. The van der Waals surface area contributed by atoms with Crippen molar-refractivity contribution in [3.05, 3.63) is 36.7 Å². The zero-order chi connectivity index (χ0) is 23.6. The molecule has 10 nitrogen and oxygen atoms in total. The van der Waals surface area contributed by atoms with Crippen LogP contribution in [0, 0.1) is 12.3 Å². The van der Waals surface area contributed by atoms with Crippen molar-refractivity contribution < 1.29 is 31.9 Å². The van der Waals surface area contributed by atoms with Crippen LogP contribution in [-0.4, -0.2) is 44.3 Å². The van der Waals surface area contributed by atoms with E-state index in [1.165, 1.54) is 6.33 Å². The van der Waals surface area contributed by atoms with E-state index >= 15 is 8.78 Å². The lowest BCUT2D eigenvalue weighted by atomic mass is 10.00. The molecule has 0 bridgehead atoms. The number of alkyl halides is 2. The van der Waals surface area contributed by atoms with Gasteiger partial charge in [-0.3, -0.25) is 9.09 Å². The van der Waals surface area contributed by atoms with Crippen LogP contribution in [0.4, 0.5) is 14.7 Å². The number of halogens is 2. The summed E-state index contributed by atoms with van der Waals surface area (Å²) in [5.41, 5.74) is 3.33. The minimum Gasteiger partial charge on any atom is -0.476 e.